The summed E-state index contributed by atoms with van der Waals surface area (Å²) in [5.41, 5.74) is 1.02. The highest BCUT2D eigenvalue weighted by molar-refractivity contribution is 5.87. The number of nitrogens with zero attached hydrogens (tertiary/aromatic N) is 1. The first-order valence-corrected chi connectivity index (χ1v) is 5.73. The van der Waals surface area contributed by atoms with E-state index in [1.807, 2.05) is 13.0 Å². The lowest BCUT2D eigenvalue weighted by molar-refractivity contribution is -0.116. The molecule has 0 aromatic heterocycles. The van der Waals surface area contributed by atoms with Gasteiger partial charge in [-0.25, -0.2) is 4.79 Å². The standard InChI is InChI=1S/C13H15NO4/c1-9-3-4-11(12(7-9)17-2)18-13(16)14-6-5-10(15)8-14/h3-4,7H,5-6,8H2,1-2H3. The fourth-order valence-corrected chi connectivity index (χ4v) is 1.80. The molecule has 0 unspecified atom stereocenters. The number of amides is 1. The predicted octanol–water partition coefficient (Wildman–Crippen LogP) is 1.78. The van der Waals surface area contributed by atoms with E-state index in [9.17, 15) is 9.59 Å². The van der Waals surface area contributed by atoms with Crippen molar-refractivity contribution in [1.29, 1.82) is 0 Å². The van der Waals surface area contributed by atoms with Gasteiger partial charge in [0, 0.05) is 13.0 Å². The van der Waals surface area contributed by atoms with Crippen LogP contribution in [0.1, 0.15) is 12.0 Å². The van der Waals surface area contributed by atoms with Gasteiger partial charge in [-0.3, -0.25) is 4.79 Å². The minimum Gasteiger partial charge on any atom is -0.493 e. The zero-order valence-electron chi connectivity index (χ0n) is 10.4. The van der Waals surface area contributed by atoms with E-state index in [1.54, 1.807) is 12.1 Å². The molecule has 1 aliphatic heterocycles. The van der Waals surface area contributed by atoms with Gasteiger partial charge in [0.1, 0.15) is 0 Å². The number of Topliss-reactive ketones (excluding diaryl/α,β-unsaturated/α-hetero) is 1. The summed E-state index contributed by atoms with van der Waals surface area (Å²) in [6.07, 6.45) is -0.108. The summed E-state index contributed by atoms with van der Waals surface area (Å²) in [4.78, 5) is 24.3. The third-order valence-corrected chi connectivity index (χ3v) is 2.80. The van der Waals surface area contributed by atoms with Crippen LogP contribution in [0.15, 0.2) is 18.2 Å². The molecule has 1 aliphatic rings. The second kappa shape index (κ2) is 5.08. The van der Waals surface area contributed by atoms with Gasteiger partial charge in [0.05, 0.1) is 13.7 Å². The molecule has 96 valence electrons. The normalized spacial score (nSPS) is 14.8. The molecule has 1 saturated heterocycles. The first kappa shape index (κ1) is 12.4. The van der Waals surface area contributed by atoms with E-state index in [0.29, 0.717) is 24.5 Å². The lowest BCUT2D eigenvalue weighted by Crippen LogP contribution is -2.31. The molecule has 0 radical (unpaired) electrons. The van der Waals surface area contributed by atoms with Gasteiger partial charge in [-0.2, -0.15) is 0 Å². The number of rotatable bonds is 2. The highest BCUT2D eigenvalue weighted by Crippen LogP contribution is 2.28. The zero-order chi connectivity index (χ0) is 13.1. The van der Waals surface area contributed by atoms with Crippen LogP contribution in [-0.2, 0) is 4.79 Å². The second-order valence-electron chi connectivity index (χ2n) is 4.23. The summed E-state index contributed by atoms with van der Waals surface area (Å²) in [5.74, 6) is 0.934. The van der Waals surface area contributed by atoms with Crippen LogP contribution in [0.4, 0.5) is 4.79 Å². The molecule has 1 aromatic carbocycles. The molecule has 5 nitrogen and oxygen atoms in total. The number of aryl methyl sites for hydroxylation is 1. The molecular formula is C13H15NO4. The Balaban J connectivity index is 2.09. The van der Waals surface area contributed by atoms with E-state index in [0.717, 1.165) is 5.56 Å². The first-order valence-electron chi connectivity index (χ1n) is 5.73. The average molecular weight is 249 g/mol. The summed E-state index contributed by atoms with van der Waals surface area (Å²) in [5, 5.41) is 0. The van der Waals surface area contributed by atoms with Crippen LogP contribution >= 0.6 is 0 Å². The van der Waals surface area contributed by atoms with E-state index in [4.69, 9.17) is 9.47 Å². The molecule has 0 atom stereocenters. The number of ketones is 1. The topological polar surface area (TPSA) is 55.8 Å². The Hall–Kier alpha value is -2.04. The minimum absolute atomic E-state index is 0.0582. The van der Waals surface area contributed by atoms with Crippen molar-refractivity contribution in [2.24, 2.45) is 0 Å². The summed E-state index contributed by atoms with van der Waals surface area (Å²) in [6, 6.07) is 5.31. The summed E-state index contributed by atoms with van der Waals surface area (Å²) >= 11 is 0. The van der Waals surface area contributed by atoms with Crippen LogP contribution in [0, 0.1) is 6.92 Å². The number of carbonyl (C=O) groups is 2. The predicted molar refractivity (Wildman–Crippen MR) is 65.0 cm³/mol. The van der Waals surface area contributed by atoms with Crippen molar-refractivity contribution in [2.75, 3.05) is 20.2 Å². The molecule has 0 bridgehead atoms. The molecule has 0 N–H and O–H groups in total. The van der Waals surface area contributed by atoms with Gasteiger partial charge in [-0.1, -0.05) is 6.07 Å². The maximum Gasteiger partial charge on any atom is 0.415 e. The SMILES string of the molecule is COc1cc(C)ccc1OC(=O)N1CCC(=O)C1. The van der Waals surface area contributed by atoms with Crippen molar-refractivity contribution in [2.45, 2.75) is 13.3 Å². The van der Waals surface area contributed by atoms with E-state index < -0.39 is 6.09 Å². The van der Waals surface area contributed by atoms with Crippen molar-refractivity contribution in [1.82, 2.24) is 4.90 Å². The molecule has 18 heavy (non-hydrogen) atoms. The van der Waals surface area contributed by atoms with E-state index >= 15 is 0 Å². The van der Waals surface area contributed by atoms with Crippen LogP contribution in [0.25, 0.3) is 0 Å². The maximum absolute atomic E-state index is 11.8. The number of hydrogen-bond donors (Lipinski definition) is 0. The molecule has 0 saturated carbocycles. The number of benzene rings is 1. The number of carbonyl (C=O) groups excluding carboxylic acids is 2. The molecule has 1 fully saturated rings. The van der Waals surface area contributed by atoms with E-state index in [1.165, 1.54) is 12.0 Å². The molecule has 1 aromatic rings. The highest BCUT2D eigenvalue weighted by atomic mass is 16.6. The zero-order valence-corrected chi connectivity index (χ0v) is 10.4. The van der Waals surface area contributed by atoms with Crippen molar-refractivity contribution >= 4 is 11.9 Å². The number of likely N-dealkylation sites (tertiary alicyclic amines) is 1. The van der Waals surface area contributed by atoms with Gasteiger partial charge in [0.2, 0.25) is 0 Å². The summed E-state index contributed by atoms with van der Waals surface area (Å²) in [7, 11) is 1.52. The number of hydrogen-bond acceptors (Lipinski definition) is 4. The molecule has 0 aliphatic carbocycles. The smallest absolute Gasteiger partial charge is 0.415 e. The Kier molecular flexibility index (Phi) is 3.50. The Bertz CT molecular complexity index is 484. The lowest BCUT2D eigenvalue weighted by atomic mass is 10.2. The van der Waals surface area contributed by atoms with Crippen molar-refractivity contribution in [3.8, 4) is 11.5 Å². The summed E-state index contributed by atoms with van der Waals surface area (Å²) in [6.45, 7) is 2.48. The monoisotopic (exact) mass is 249 g/mol. The van der Waals surface area contributed by atoms with Crippen molar-refractivity contribution in [3.05, 3.63) is 23.8 Å². The molecular weight excluding hydrogens is 234 g/mol. The molecule has 1 amide bonds. The van der Waals surface area contributed by atoms with Crippen LogP contribution in [0.3, 0.4) is 0 Å². The average Bonchev–Trinajstić information content (AvgIpc) is 2.78. The molecule has 1 heterocycles. The Morgan fingerprint density at radius 3 is 2.72 bits per heavy atom. The maximum atomic E-state index is 11.8. The van der Waals surface area contributed by atoms with Crippen LogP contribution in [-0.4, -0.2) is 37.0 Å². The van der Waals surface area contributed by atoms with Crippen molar-refractivity contribution < 1.29 is 19.1 Å². The molecule has 2 rings (SSSR count). The van der Waals surface area contributed by atoms with Gasteiger partial charge in [0.15, 0.2) is 17.3 Å². The van der Waals surface area contributed by atoms with Crippen molar-refractivity contribution in [3.63, 3.8) is 0 Å². The molecule has 5 heteroatoms. The fraction of sp³-hybridized carbons (Fsp3) is 0.385. The number of ether oxygens (including phenoxy) is 2. The Morgan fingerprint density at radius 1 is 1.33 bits per heavy atom. The Morgan fingerprint density at radius 2 is 2.11 bits per heavy atom. The highest BCUT2D eigenvalue weighted by Gasteiger charge is 2.26. The third-order valence-electron chi connectivity index (χ3n) is 2.80. The third kappa shape index (κ3) is 2.61. The van der Waals surface area contributed by atoms with Gasteiger partial charge in [-0.15, -0.1) is 0 Å². The van der Waals surface area contributed by atoms with Crippen LogP contribution < -0.4 is 9.47 Å². The largest absolute Gasteiger partial charge is 0.493 e. The van der Waals surface area contributed by atoms with Gasteiger partial charge in [-0.05, 0) is 24.6 Å². The van der Waals surface area contributed by atoms with Crippen LogP contribution in [0.2, 0.25) is 0 Å². The van der Waals surface area contributed by atoms with Gasteiger partial charge in [0.25, 0.3) is 0 Å². The summed E-state index contributed by atoms with van der Waals surface area (Å²) < 4.78 is 10.4. The first-order chi connectivity index (χ1) is 8.60. The molecule has 0 spiro atoms. The van der Waals surface area contributed by atoms with Crippen LogP contribution in [0.5, 0.6) is 11.5 Å². The van der Waals surface area contributed by atoms with Gasteiger partial charge >= 0.3 is 6.09 Å². The second-order valence-corrected chi connectivity index (χ2v) is 4.23. The quantitative estimate of drug-likeness (QED) is 0.801. The fourth-order valence-electron chi connectivity index (χ4n) is 1.80. The van der Waals surface area contributed by atoms with E-state index in [2.05, 4.69) is 0 Å². The minimum atomic E-state index is -0.511. The Labute approximate surface area is 105 Å². The van der Waals surface area contributed by atoms with Gasteiger partial charge < -0.3 is 14.4 Å². The number of methoxy groups -OCH3 is 1. The lowest BCUT2D eigenvalue weighted by Gasteiger charge is -2.15. The van der Waals surface area contributed by atoms with E-state index in [-0.39, 0.29) is 12.3 Å².